The lowest BCUT2D eigenvalue weighted by molar-refractivity contribution is 0.145. The second-order valence-corrected chi connectivity index (χ2v) is 8.43. The van der Waals surface area contributed by atoms with Gasteiger partial charge in [-0.15, -0.1) is 0 Å². The van der Waals surface area contributed by atoms with Crippen LogP contribution in [0.1, 0.15) is 23.2 Å². The number of benzene rings is 2. The second-order valence-electron chi connectivity index (χ2n) is 6.48. The first-order valence-corrected chi connectivity index (χ1v) is 10.0. The van der Waals surface area contributed by atoms with E-state index in [4.69, 9.17) is 0 Å². The maximum atomic E-state index is 14.3. The van der Waals surface area contributed by atoms with E-state index in [0.29, 0.717) is 11.8 Å². The van der Waals surface area contributed by atoms with Gasteiger partial charge in [0.2, 0.25) is 0 Å². The average molecular weight is 412 g/mol. The predicted octanol–water partition coefficient (Wildman–Crippen LogP) is 4.78. The van der Waals surface area contributed by atoms with Gasteiger partial charge < -0.3 is 0 Å². The van der Waals surface area contributed by atoms with Crippen molar-refractivity contribution in [2.75, 3.05) is 6.26 Å². The van der Waals surface area contributed by atoms with Crippen LogP contribution in [-0.4, -0.2) is 24.5 Å². The lowest BCUT2D eigenvalue weighted by Gasteiger charge is -2.11. The summed E-state index contributed by atoms with van der Waals surface area (Å²) in [6, 6.07) is 7.86. The van der Waals surface area contributed by atoms with E-state index in [1.807, 2.05) is 13.8 Å². The van der Waals surface area contributed by atoms with E-state index in [9.17, 15) is 26.0 Å². The van der Waals surface area contributed by atoms with Crippen molar-refractivity contribution in [2.45, 2.75) is 25.2 Å². The number of nitrogens with zero attached hydrogens (tertiary/aromatic N) is 2. The lowest BCUT2D eigenvalue weighted by atomic mass is 10.0. The van der Waals surface area contributed by atoms with E-state index >= 15 is 0 Å². The molecule has 28 heavy (non-hydrogen) atoms. The summed E-state index contributed by atoms with van der Waals surface area (Å²) < 4.78 is 79.1. The smallest absolute Gasteiger partial charge is 0.232 e. The highest BCUT2D eigenvalue weighted by atomic mass is 32.2. The Labute approximate surface area is 159 Å². The molecule has 0 spiro atoms. The molecule has 9 heteroatoms. The molecule has 0 amide bonds. The SMILES string of the molecule is Cc1ccc(-c2cc(C(F)F)nn2-c2cc(F)c(S(C)(=O)=O)c(F)c2)cc1C. The molecule has 2 aromatic carbocycles. The van der Waals surface area contributed by atoms with Crippen molar-refractivity contribution in [1.82, 2.24) is 9.78 Å². The zero-order valence-electron chi connectivity index (χ0n) is 15.2. The van der Waals surface area contributed by atoms with Crippen molar-refractivity contribution in [2.24, 2.45) is 0 Å². The summed E-state index contributed by atoms with van der Waals surface area (Å²) in [6.07, 6.45) is -2.21. The van der Waals surface area contributed by atoms with Gasteiger partial charge in [0.15, 0.2) is 9.84 Å². The zero-order valence-corrected chi connectivity index (χ0v) is 16.0. The maximum Gasteiger partial charge on any atom is 0.282 e. The Kier molecular flexibility index (Phi) is 5.05. The summed E-state index contributed by atoms with van der Waals surface area (Å²) in [5, 5.41) is 3.77. The third-order valence-electron chi connectivity index (χ3n) is 4.35. The van der Waals surface area contributed by atoms with Gasteiger partial charge in [-0.25, -0.2) is 30.7 Å². The molecule has 4 nitrogen and oxygen atoms in total. The molecule has 1 heterocycles. The predicted molar refractivity (Wildman–Crippen MR) is 96.5 cm³/mol. The van der Waals surface area contributed by atoms with Crippen LogP contribution in [0.3, 0.4) is 0 Å². The van der Waals surface area contributed by atoms with Gasteiger partial charge in [-0.05, 0) is 37.1 Å². The third-order valence-corrected chi connectivity index (χ3v) is 5.48. The Balaban J connectivity index is 2.26. The standard InChI is InChI=1S/C19H16F4N2O2S/c1-10-4-5-12(6-11(10)2)17-9-16(19(22)23)24-25(17)13-7-14(20)18(15(21)8-13)28(3,26)27/h4-9,19H,1-3H3. The molecule has 0 aliphatic carbocycles. The van der Waals surface area contributed by atoms with Crippen LogP contribution in [0.4, 0.5) is 17.6 Å². The first kappa shape index (κ1) is 20.1. The van der Waals surface area contributed by atoms with Crippen LogP contribution in [0.5, 0.6) is 0 Å². The van der Waals surface area contributed by atoms with Gasteiger partial charge in [-0.1, -0.05) is 12.1 Å². The highest BCUT2D eigenvalue weighted by molar-refractivity contribution is 7.90. The Morgan fingerprint density at radius 1 is 0.964 bits per heavy atom. The van der Waals surface area contributed by atoms with Crippen LogP contribution in [0.25, 0.3) is 16.9 Å². The Hall–Kier alpha value is -2.68. The number of aromatic nitrogens is 2. The monoisotopic (exact) mass is 412 g/mol. The molecule has 0 aliphatic rings. The zero-order chi connectivity index (χ0) is 20.8. The van der Waals surface area contributed by atoms with Crippen molar-refractivity contribution in [3.63, 3.8) is 0 Å². The summed E-state index contributed by atoms with van der Waals surface area (Å²) in [5.41, 5.74) is 1.83. The number of aryl methyl sites for hydroxylation is 2. The van der Waals surface area contributed by atoms with E-state index in [-0.39, 0.29) is 11.4 Å². The normalized spacial score (nSPS) is 12.0. The fraction of sp³-hybridized carbons (Fsp3) is 0.211. The summed E-state index contributed by atoms with van der Waals surface area (Å²) in [6.45, 7) is 3.73. The molecule has 1 aromatic heterocycles. The van der Waals surface area contributed by atoms with Crippen LogP contribution >= 0.6 is 0 Å². The third kappa shape index (κ3) is 3.66. The van der Waals surface area contributed by atoms with Crippen LogP contribution in [0, 0.1) is 25.5 Å². The molecule has 0 fully saturated rings. The number of halogens is 4. The van der Waals surface area contributed by atoms with E-state index in [1.54, 1.807) is 18.2 Å². The fourth-order valence-corrected chi connectivity index (χ4v) is 3.66. The number of sulfone groups is 1. The van der Waals surface area contributed by atoms with Crippen LogP contribution in [-0.2, 0) is 9.84 Å². The van der Waals surface area contributed by atoms with Gasteiger partial charge in [0.25, 0.3) is 6.43 Å². The molecule has 0 atom stereocenters. The molecular weight excluding hydrogens is 396 g/mol. The lowest BCUT2D eigenvalue weighted by Crippen LogP contribution is -2.08. The molecule has 148 valence electrons. The molecule has 0 aliphatic heterocycles. The molecule has 3 rings (SSSR count). The minimum absolute atomic E-state index is 0.198. The minimum atomic E-state index is -4.14. The van der Waals surface area contributed by atoms with Crippen LogP contribution in [0.15, 0.2) is 41.3 Å². The van der Waals surface area contributed by atoms with Gasteiger partial charge in [0.05, 0.1) is 11.4 Å². The molecule has 0 N–H and O–H groups in total. The van der Waals surface area contributed by atoms with Gasteiger partial charge in [-0.3, -0.25) is 0 Å². The molecule has 0 bridgehead atoms. The summed E-state index contributed by atoms with van der Waals surface area (Å²) >= 11 is 0. The van der Waals surface area contributed by atoms with E-state index in [2.05, 4.69) is 5.10 Å². The van der Waals surface area contributed by atoms with Crippen molar-refractivity contribution in [3.8, 4) is 16.9 Å². The van der Waals surface area contributed by atoms with E-state index in [0.717, 1.165) is 34.0 Å². The molecule has 3 aromatic rings. The number of hydrogen-bond donors (Lipinski definition) is 0. The highest BCUT2D eigenvalue weighted by Gasteiger charge is 2.24. The Morgan fingerprint density at radius 3 is 2.07 bits per heavy atom. The molecular formula is C19H16F4N2O2S. The fourth-order valence-electron chi connectivity index (χ4n) is 2.83. The van der Waals surface area contributed by atoms with Crippen molar-refractivity contribution in [1.29, 1.82) is 0 Å². The maximum absolute atomic E-state index is 14.3. The number of rotatable bonds is 4. The second kappa shape index (κ2) is 7.05. The first-order valence-electron chi connectivity index (χ1n) is 8.14. The largest absolute Gasteiger partial charge is 0.282 e. The minimum Gasteiger partial charge on any atom is -0.232 e. The topological polar surface area (TPSA) is 52.0 Å². The first-order chi connectivity index (χ1) is 13.0. The van der Waals surface area contributed by atoms with Gasteiger partial charge >= 0.3 is 0 Å². The summed E-state index contributed by atoms with van der Waals surface area (Å²) in [7, 11) is -4.14. The van der Waals surface area contributed by atoms with Crippen LogP contribution < -0.4 is 0 Å². The number of hydrogen-bond acceptors (Lipinski definition) is 3. The molecule has 0 radical (unpaired) electrons. The highest BCUT2D eigenvalue weighted by Crippen LogP contribution is 2.31. The Bertz CT molecular complexity index is 1150. The molecule has 0 saturated heterocycles. The van der Waals surface area contributed by atoms with E-state index < -0.39 is 38.5 Å². The van der Waals surface area contributed by atoms with Gasteiger partial charge in [-0.2, -0.15) is 5.10 Å². The van der Waals surface area contributed by atoms with Crippen molar-refractivity contribution in [3.05, 3.63) is 64.9 Å². The van der Waals surface area contributed by atoms with Gasteiger partial charge in [0, 0.05) is 24.0 Å². The molecule has 0 saturated carbocycles. The Morgan fingerprint density at radius 2 is 1.57 bits per heavy atom. The average Bonchev–Trinajstić information content (AvgIpc) is 3.01. The summed E-state index contributed by atoms with van der Waals surface area (Å²) in [4.78, 5) is -1.08. The molecule has 0 unspecified atom stereocenters. The van der Waals surface area contributed by atoms with Crippen molar-refractivity contribution < 1.29 is 26.0 Å². The van der Waals surface area contributed by atoms with Crippen molar-refractivity contribution >= 4 is 9.84 Å². The summed E-state index contributed by atoms with van der Waals surface area (Å²) in [5.74, 6) is -2.64. The van der Waals surface area contributed by atoms with E-state index in [1.165, 1.54) is 0 Å². The number of alkyl halides is 2. The van der Waals surface area contributed by atoms with Crippen LogP contribution in [0.2, 0.25) is 0 Å². The quantitative estimate of drug-likeness (QED) is 0.580. The van der Waals surface area contributed by atoms with Gasteiger partial charge in [0.1, 0.15) is 22.2 Å².